The number of nitrogens with zero attached hydrogens (tertiary/aromatic N) is 1. The molecule has 1 nitrogen and oxygen atoms in total. The lowest BCUT2D eigenvalue weighted by atomic mass is 9.40. The third-order valence-corrected chi connectivity index (χ3v) is 3.39. The van der Waals surface area contributed by atoms with E-state index in [2.05, 4.69) is 11.8 Å². The van der Waals surface area contributed by atoms with Gasteiger partial charge in [0.1, 0.15) is 0 Å². The van der Waals surface area contributed by atoms with Gasteiger partial charge in [-0.25, -0.2) is 0 Å². The van der Waals surface area contributed by atoms with Gasteiger partial charge in [-0.05, 0) is 24.7 Å². The molecule has 1 aliphatic heterocycles. The maximum Gasteiger partial charge on any atom is 0.0226 e. The molecule has 0 aromatic heterocycles. The predicted octanol–water partition coefficient (Wildman–Crippen LogP) is 1.24. The molecule has 0 spiro atoms. The molecule has 50 valence electrons. The normalized spacial score (nSPS) is 62.3. The van der Waals surface area contributed by atoms with Crippen LogP contribution < -0.4 is 0 Å². The quantitative estimate of drug-likeness (QED) is 0.474. The Bertz CT molecular complexity index is 150. The van der Waals surface area contributed by atoms with E-state index in [4.69, 9.17) is 0 Å². The van der Waals surface area contributed by atoms with E-state index >= 15 is 0 Å². The van der Waals surface area contributed by atoms with Crippen molar-refractivity contribution in [1.29, 1.82) is 0 Å². The summed E-state index contributed by atoms with van der Waals surface area (Å²) in [6.07, 6.45) is 4.54. The first kappa shape index (κ1) is 4.73. The molecule has 9 heavy (non-hydrogen) atoms. The molecule has 4 aliphatic rings. The zero-order valence-electron chi connectivity index (χ0n) is 5.98. The monoisotopic (exact) mass is 123 g/mol. The van der Waals surface area contributed by atoms with Gasteiger partial charge in [-0.2, -0.15) is 0 Å². The van der Waals surface area contributed by atoms with Gasteiger partial charge >= 0.3 is 0 Å². The summed E-state index contributed by atoms with van der Waals surface area (Å²) < 4.78 is 0. The fourth-order valence-corrected chi connectivity index (χ4v) is 3.09. The van der Waals surface area contributed by atoms with E-state index in [1.807, 2.05) is 0 Å². The zero-order valence-corrected chi connectivity index (χ0v) is 5.98. The molecular weight excluding hydrogens is 110 g/mol. The minimum atomic E-state index is 0.773. The molecule has 0 aromatic rings. The van der Waals surface area contributed by atoms with Gasteiger partial charge in [0, 0.05) is 18.6 Å². The molecule has 4 rings (SSSR count). The molecule has 4 fully saturated rings. The van der Waals surface area contributed by atoms with Crippen molar-refractivity contribution in [2.24, 2.45) is 5.41 Å². The molecular formula is C8H13N. The molecule has 0 aromatic carbocycles. The van der Waals surface area contributed by atoms with Crippen LogP contribution in [-0.2, 0) is 0 Å². The summed E-state index contributed by atoms with van der Waals surface area (Å²) in [6, 6.07) is 0. The Kier molecular flexibility index (Phi) is 0.508. The van der Waals surface area contributed by atoms with Gasteiger partial charge in [0.25, 0.3) is 0 Å². The van der Waals surface area contributed by atoms with E-state index in [1.165, 1.54) is 32.4 Å². The van der Waals surface area contributed by atoms with Crippen molar-refractivity contribution < 1.29 is 0 Å². The van der Waals surface area contributed by atoms with Gasteiger partial charge in [-0.3, -0.25) is 4.90 Å². The van der Waals surface area contributed by atoms with E-state index < -0.39 is 0 Å². The highest BCUT2D eigenvalue weighted by atomic mass is 15.4. The van der Waals surface area contributed by atoms with E-state index in [0.717, 1.165) is 11.0 Å². The number of rotatable bonds is 1. The van der Waals surface area contributed by atoms with Crippen molar-refractivity contribution in [1.82, 2.24) is 4.90 Å². The van der Waals surface area contributed by atoms with E-state index in [1.54, 1.807) is 0 Å². The van der Waals surface area contributed by atoms with E-state index in [9.17, 15) is 0 Å². The van der Waals surface area contributed by atoms with Gasteiger partial charge in [0.05, 0.1) is 0 Å². The summed E-state index contributed by atoms with van der Waals surface area (Å²) in [7, 11) is 0. The average Bonchev–Trinajstić information content (AvgIpc) is 2.33. The molecule has 1 saturated heterocycles. The summed E-state index contributed by atoms with van der Waals surface area (Å²) >= 11 is 0. The molecule has 0 radical (unpaired) electrons. The van der Waals surface area contributed by atoms with Crippen LogP contribution in [0.15, 0.2) is 0 Å². The van der Waals surface area contributed by atoms with Gasteiger partial charge in [0.15, 0.2) is 0 Å². The topological polar surface area (TPSA) is 3.01 Å². The van der Waals surface area contributed by atoms with Gasteiger partial charge in [0.2, 0.25) is 0 Å². The largest absolute Gasteiger partial charge is 0.295 e. The van der Waals surface area contributed by atoms with Crippen LogP contribution in [0.1, 0.15) is 26.2 Å². The van der Waals surface area contributed by atoms with Crippen molar-refractivity contribution in [3.63, 3.8) is 0 Å². The SMILES string of the molecule is CC12CC(N3CC3)(C1)C2. The maximum absolute atomic E-state index is 2.65. The van der Waals surface area contributed by atoms with Crippen LogP contribution in [0.5, 0.6) is 0 Å². The Labute approximate surface area is 56.0 Å². The van der Waals surface area contributed by atoms with Crippen LogP contribution in [0.3, 0.4) is 0 Å². The van der Waals surface area contributed by atoms with Crippen LogP contribution in [-0.4, -0.2) is 23.5 Å². The van der Waals surface area contributed by atoms with Crippen LogP contribution in [0.2, 0.25) is 0 Å². The Morgan fingerprint density at radius 2 is 1.67 bits per heavy atom. The Hall–Kier alpha value is -0.0400. The lowest BCUT2D eigenvalue weighted by molar-refractivity contribution is -0.174. The third-order valence-electron chi connectivity index (χ3n) is 3.39. The van der Waals surface area contributed by atoms with Crippen LogP contribution in [0.4, 0.5) is 0 Å². The fourth-order valence-electron chi connectivity index (χ4n) is 3.09. The highest BCUT2D eigenvalue weighted by Crippen LogP contribution is 2.70. The summed E-state index contributed by atoms with van der Waals surface area (Å²) in [5.41, 5.74) is 1.58. The van der Waals surface area contributed by atoms with E-state index in [0.29, 0.717) is 0 Å². The maximum atomic E-state index is 2.65. The second kappa shape index (κ2) is 0.968. The standard InChI is InChI=1S/C8H13N/c1-7-4-8(5-7,6-7)9-2-3-9/h2-6H2,1H3. The summed E-state index contributed by atoms with van der Waals surface area (Å²) in [5, 5.41) is 0. The molecule has 1 heteroatoms. The van der Waals surface area contributed by atoms with E-state index in [-0.39, 0.29) is 0 Å². The first-order chi connectivity index (χ1) is 4.23. The first-order valence-corrected chi connectivity index (χ1v) is 3.98. The molecule has 3 saturated carbocycles. The van der Waals surface area contributed by atoms with Gasteiger partial charge < -0.3 is 0 Å². The van der Waals surface area contributed by atoms with Crippen LogP contribution in [0, 0.1) is 5.41 Å². The first-order valence-electron chi connectivity index (χ1n) is 3.98. The lowest BCUT2D eigenvalue weighted by Gasteiger charge is -2.70. The zero-order chi connectivity index (χ0) is 6.11. The van der Waals surface area contributed by atoms with Crippen molar-refractivity contribution in [3.05, 3.63) is 0 Å². The predicted molar refractivity (Wildman–Crippen MR) is 36.3 cm³/mol. The highest BCUT2D eigenvalue weighted by Gasteiger charge is 2.69. The van der Waals surface area contributed by atoms with Gasteiger partial charge in [-0.15, -0.1) is 0 Å². The minimum Gasteiger partial charge on any atom is -0.295 e. The average molecular weight is 123 g/mol. The fraction of sp³-hybridized carbons (Fsp3) is 1.00. The Balaban J connectivity index is 1.82. The number of hydrogen-bond donors (Lipinski definition) is 0. The Morgan fingerprint density at radius 3 is 2.00 bits per heavy atom. The molecule has 2 bridgehead atoms. The molecule has 3 aliphatic carbocycles. The second-order valence-electron chi connectivity index (χ2n) is 4.55. The van der Waals surface area contributed by atoms with Crippen molar-refractivity contribution in [3.8, 4) is 0 Å². The molecule has 0 unspecified atom stereocenters. The molecule has 1 heterocycles. The van der Waals surface area contributed by atoms with Crippen LogP contribution >= 0.6 is 0 Å². The van der Waals surface area contributed by atoms with Crippen molar-refractivity contribution in [2.45, 2.75) is 31.7 Å². The second-order valence-corrected chi connectivity index (χ2v) is 4.55. The Morgan fingerprint density at radius 1 is 1.11 bits per heavy atom. The summed E-state index contributed by atoms with van der Waals surface area (Å²) in [5.74, 6) is 0. The molecule has 0 atom stereocenters. The van der Waals surface area contributed by atoms with Crippen molar-refractivity contribution in [2.75, 3.05) is 13.1 Å². The summed E-state index contributed by atoms with van der Waals surface area (Å²) in [4.78, 5) is 2.65. The highest BCUT2D eigenvalue weighted by molar-refractivity contribution is 5.23. The minimum absolute atomic E-state index is 0.773. The van der Waals surface area contributed by atoms with Gasteiger partial charge in [-0.1, -0.05) is 6.92 Å². The van der Waals surface area contributed by atoms with Crippen LogP contribution in [0.25, 0.3) is 0 Å². The third kappa shape index (κ3) is 0.389. The molecule has 0 amide bonds. The van der Waals surface area contributed by atoms with Crippen molar-refractivity contribution >= 4 is 0 Å². The lowest BCUT2D eigenvalue weighted by Crippen LogP contribution is -2.69. The smallest absolute Gasteiger partial charge is 0.0226 e. The molecule has 0 N–H and O–H groups in total. The number of hydrogen-bond acceptors (Lipinski definition) is 1. The summed E-state index contributed by atoms with van der Waals surface area (Å²) in [6.45, 7) is 5.23.